The number of hydrogen-bond acceptors (Lipinski definition) is 11. The number of ketones is 3. The second-order valence-electron chi connectivity index (χ2n) is 55.4. The molecule has 1 heterocycles. The molecule has 0 aromatic carbocycles. The van der Waals surface area contributed by atoms with Crippen LogP contribution in [0.15, 0.2) is 91.2 Å². The summed E-state index contributed by atoms with van der Waals surface area (Å²) in [7, 11) is 1.45. The van der Waals surface area contributed by atoms with Gasteiger partial charge in [0.1, 0.15) is 23.6 Å². The van der Waals surface area contributed by atoms with Gasteiger partial charge in [-0.05, 0) is 439 Å². The first-order chi connectivity index (χ1) is 65.9. The van der Waals surface area contributed by atoms with Crippen LogP contribution in [-0.4, -0.2) is 115 Å². The number of aldehydes is 1. The minimum absolute atomic E-state index is 0. The third-order valence-corrected chi connectivity index (χ3v) is 48.1. The van der Waals surface area contributed by atoms with Gasteiger partial charge < -0.3 is 31.0 Å². The van der Waals surface area contributed by atoms with Crippen LogP contribution in [0.2, 0.25) is 0 Å². The molecule has 9 unspecified atom stereocenters. The number of allylic oxidation sites excluding steroid dienone is 13. The Morgan fingerprint density at radius 3 is 0.965 bits per heavy atom. The predicted molar refractivity (Wildman–Crippen MR) is 599 cm³/mol. The summed E-state index contributed by atoms with van der Waals surface area (Å²) < 4.78 is 14.6. The van der Waals surface area contributed by atoms with E-state index in [1.54, 1.807) is 40.4 Å². The molecule has 25 atom stereocenters. The summed E-state index contributed by atoms with van der Waals surface area (Å²) in [5, 5.41) is 29.3. The molecule has 17 rings (SSSR count). The van der Waals surface area contributed by atoms with Crippen molar-refractivity contribution in [3.63, 3.8) is 0 Å². The number of aliphatic hydroxyl groups is 2. The SMILES string of the molecule is C.C/C(=C/CCC(C)[C@@H]1CC[C@]2(C)C3=C(CC[C@@]12C)[C@@]1(C)CCC(=O)C(C)(C)C1CC3)C(=O)O.C/C(=C/CCC(C)[C@@H]1CC[C@]2(C)C3=C(CC[C@@]12C)[C@@]1(C)CCC(O)C(C)(C)C1CC3)CO.C/C(C=O)=C/CCC(C)[C@@H]1CC[C@]2(C)C3=C(CC[C@@]12C)[C@@]1(C)CCC(=O)C(C)(C)C1CC3.C1CCOC1.CCOCC.COC(=O)/C(C)=C\CCC(C)[C@@H]1CC[C@]2(C)C3=C(CC[C@@]12C)[C@@]1(C)CCC(=O)C(C)(C)C1CC3.[AlH3].[H-].[Li+]. The summed E-state index contributed by atoms with van der Waals surface area (Å²) in [4.78, 5) is 72.2. The molecule has 1 aliphatic heterocycles. The van der Waals surface area contributed by atoms with Crippen molar-refractivity contribution in [1.82, 2.24) is 0 Å². The van der Waals surface area contributed by atoms with E-state index in [9.17, 15) is 39.0 Å². The Bertz CT molecular complexity index is 4800. The number of esters is 1. The number of hydrogen-bond donors (Lipinski definition) is 3. The number of Topliss-reactive ketones (excluding diaryl/α,β-unsaturated/α-hetero) is 3. The molecule has 144 heavy (non-hydrogen) atoms. The van der Waals surface area contributed by atoms with Crippen LogP contribution in [0.3, 0.4) is 0 Å². The van der Waals surface area contributed by atoms with E-state index >= 15 is 0 Å². The molecule has 0 bridgehead atoms. The Labute approximate surface area is 905 Å². The smallest absolute Gasteiger partial charge is 1.00 e. The first kappa shape index (κ1) is 124. The molecular formula is C130H216AlLiO12. The first-order valence-corrected chi connectivity index (χ1v) is 58.3. The summed E-state index contributed by atoms with van der Waals surface area (Å²) in [5.74, 6) is 8.22. The minimum atomic E-state index is -0.800. The number of carboxylic acids is 1. The second-order valence-corrected chi connectivity index (χ2v) is 55.4. The second kappa shape index (κ2) is 47.4. The van der Waals surface area contributed by atoms with E-state index in [2.05, 4.69) is 184 Å². The fraction of sp³-hybridized carbons (Fsp3) is 0.831. The van der Waals surface area contributed by atoms with E-state index < -0.39 is 5.97 Å². The molecular weight excluding hydrogens is 1790 g/mol. The Hall–Kier alpha value is -3.49. The van der Waals surface area contributed by atoms with Crippen LogP contribution in [0, 0.1) is 158 Å². The summed E-state index contributed by atoms with van der Waals surface area (Å²) >= 11 is 0. The van der Waals surface area contributed by atoms with Crippen LogP contribution in [0.25, 0.3) is 0 Å². The Kier molecular flexibility index (Phi) is 40.9. The summed E-state index contributed by atoms with van der Waals surface area (Å²) in [6.07, 6.45) is 58.2. The fourth-order valence-electron chi connectivity index (χ4n) is 38.2. The molecule has 14 heteroatoms. The number of methoxy groups -OCH3 is 1. The average molecular weight is 2010 g/mol. The van der Waals surface area contributed by atoms with Crippen LogP contribution in [0.5, 0.6) is 0 Å². The first-order valence-electron chi connectivity index (χ1n) is 58.3. The van der Waals surface area contributed by atoms with Gasteiger partial charge in [-0.25, -0.2) is 9.59 Å². The van der Waals surface area contributed by atoms with E-state index in [1.165, 1.54) is 193 Å². The molecule has 0 aromatic rings. The minimum Gasteiger partial charge on any atom is -1.00 e. The maximum Gasteiger partial charge on any atom is 1.00 e. The molecule has 812 valence electrons. The van der Waals surface area contributed by atoms with E-state index in [0.29, 0.717) is 103 Å². The Balaban J connectivity index is 0.000000226. The fourth-order valence-corrected chi connectivity index (χ4v) is 38.2. The zero-order valence-electron chi connectivity index (χ0n) is 98.1. The maximum atomic E-state index is 12.8. The van der Waals surface area contributed by atoms with Crippen molar-refractivity contribution in [1.29, 1.82) is 0 Å². The third kappa shape index (κ3) is 21.9. The number of aliphatic hydroxyl groups excluding tert-OH is 2. The van der Waals surface area contributed by atoms with Crippen LogP contribution in [0.1, 0.15) is 486 Å². The van der Waals surface area contributed by atoms with Gasteiger partial charge in [0.2, 0.25) is 0 Å². The molecule has 12 nitrogen and oxygen atoms in total. The molecule has 0 spiro atoms. The monoisotopic (exact) mass is 2000 g/mol. The summed E-state index contributed by atoms with van der Waals surface area (Å²) in [6.45, 7) is 74.1. The van der Waals surface area contributed by atoms with Crippen molar-refractivity contribution in [2.75, 3.05) is 40.1 Å². The number of aliphatic carboxylic acids is 1. The summed E-state index contributed by atoms with van der Waals surface area (Å²) in [5.41, 5.74) is 20.5. The van der Waals surface area contributed by atoms with E-state index in [0.717, 1.165) is 157 Å². The molecule has 17 aliphatic rings. The number of rotatable bonds is 22. The van der Waals surface area contributed by atoms with E-state index in [1.807, 2.05) is 51.8 Å². The molecule has 9 fully saturated rings. The van der Waals surface area contributed by atoms with Crippen LogP contribution in [-0.2, 0) is 43.0 Å². The van der Waals surface area contributed by atoms with Crippen molar-refractivity contribution in [2.24, 2.45) is 158 Å². The van der Waals surface area contributed by atoms with Gasteiger partial charge in [-0.1, -0.05) is 248 Å². The third-order valence-electron chi connectivity index (χ3n) is 48.1. The van der Waals surface area contributed by atoms with Gasteiger partial charge in [0, 0.05) is 73.1 Å². The molecule has 0 aromatic heterocycles. The van der Waals surface area contributed by atoms with Gasteiger partial charge in [0.15, 0.2) is 17.4 Å². The normalized spacial score (nSPS) is 39.4. The van der Waals surface area contributed by atoms with Crippen molar-refractivity contribution >= 4 is 52.9 Å². The topological polar surface area (TPSA) is 191 Å². The molecule has 8 saturated carbocycles. The van der Waals surface area contributed by atoms with Gasteiger partial charge in [0.05, 0.1) is 19.8 Å². The summed E-state index contributed by atoms with van der Waals surface area (Å²) in [6, 6.07) is 0. The molecule has 1 saturated heterocycles. The number of carboxylic acid groups (broad SMARTS) is 1. The molecule has 0 radical (unpaired) electrons. The number of carbonyl (C=O) groups is 6. The quantitative estimate of drug-likeness (QED) is 0.0306. The van der Waals surface area contributed by atoms with Gasteiger partial charge in [-0.3, -0.25) is 19.2 Å². The van der Waals surface area contributed by atoms with Crippen molar-refractivity contribution in [3.05, 3.63) is 91.2 Å². The predicted octanol–water partition coefficient (Wildman–Crippen LogP) is 29.3. The Morgan fingerprint density at radius 2 is 0.694 bits per heavy atom. The van der Waals surface area contributed by atoms with Crippen LogP contribution >= 0.6 is 0 Å². The van der Waals surface area contributed by atoms with Crippen molar-refractivity contribution < 1.29 is 78.6 Å². The van der Waals surface area contributed by atoms with Gasteiger partial charge in [-0.15, -0.1) is 0 Å². The number of fused-ring (bicyclic) bond motifs is 16. The molecule has 0 amide bonds. The van der Waals surface area contributed by atoms with Gasteiger partial charge >= 0.3 is 30.8 Å². The van der Waals surface area contributed by atoms with Crippen LogP contribution < -0.4 is 18.9 Å². The zero-order chi connectivity index (χ0) is 104. The molecule has 16 aliphatic carbocycles. The molecule has 3 N–H and O–H groups in total. The van der Waals surface area contributed by atoms with Gasteiger partial charge in [0.25, 0.3) is 0 Å². The number of ether oxygens (including phenoxy) is 3. The van der Waals surface area contributed by atoms with Crippen molar-refractivity contribution in [3.8, 4) is 0 Å². The zero-order valence-corrected chi connectivity index (χ0v) is 97.1. The standard InChI is InChI=1S/C31H48O3.C30H46O3.C30H50O2.C30H46O2.C4H8O.C4H10O.CH4.Al.Li.4H/c1-20(10-9-11-21(2)27(33)34-8)22-14-18-31(7)24-12-13-25-28(3,4)26(32)16-17-29(25,5)23(24)15-19-30(22,31)6;1-19(9-8-10-20(2)26(32)33)21-13-17-30(7)23-11-12-24-27(3,4)25(31)15-16-28(24,5)22(23)14-18-29(21,30)6;2*1-20(19-31)9-8-10-21(2)22-13-17-30(7)24-11-12-25-27(3,4)26(32)15-16-28(25,5)23(24)14-18-29(22,30)6;1-2-4-5-3-1;1-3-5-4-2;;;;;;;/h11,20,22,25H,9-10,12-19H2,1-8H3;10,19,21,24H,8-9,11-18H2,1-7H3,(H,32,33);9,21-22,25-26,31-32H,8,10-19H2,1-7H3;9,19,21-22,25H,8,10-18H2,1-7H3;1-4H2;3-4H2,1-2H3;1H4;;;;;;/q;;;;;;;;+1;;;;-1/b21-11-;20-10-;2*20-9-;;;;;;;;;/t20?,22-,25?,29+,30-,31+;19?,21-,24?,28+,29-,30+;21?,22-,25?,26?,28+,29-,30+;21?,22-,25?,28+,29-,30+;;;;;;;;;/m0000........./s1. The largest absolute Gasteiger partial charge is 1.00 e. The average Bonchev–Trinajstić information content (AvgIpc) is 1.62. The van der Waals surface area contributed by atoms with E-state index in [4.69, 9.17) is 19.3 Å². The number of carbonyl (C=O) groups excluding carboxylic acids is 5. The van der Waals surface area contributed by atoms with E-state index in [-0.39, 0.29) is 118 Å². The van der Waals surface area contributed by atoms with Crippen LogP contribution in [0.4, 0.5) is 0 Å². The van der Waals surface area contributed by atoms with Crippen molar-refractivity contribution in [2.45, 2.75) is 491 Å². The maximum absolute atomic E-state index is 12.8. The van der Waals surface area contributed by atoms with Gasteiger partial charge in [-0.2, -0.15) is 0 Å². The Morgan fingerprint density at radius 1 is 0.403 bits per heavy atom.